The number of rotatable bonds is 8. The van der Waals surface area contributed by atoms with Gasteiger partial charge in [0.1, 0.15) is 11.5 Å². The van der Waals surface area contributed by atoms with Gasteiger partial charge >= 0.3 is 18.3 Å². The first kappa shape index (κ1) is 30.1. The highest BCUT2D eigenvalue weighted by Gasteiger charge is 2.62. The van der Waals surface area contributed by atoms with E-state index in [-0.39, 0.29) is 23.2 Å². The Morgan fingerprint density at radius 3 is 2.41 bits per heavy atom. The number of carboxylic acid groups (broad SMARTS) is 1. The number of aliphatic carboxylic acids is 1. The van der Waals surface area contributed by atoms with Crippen molar-refractivity contribution in [1.82, 2.24) is 15.2 Å². The molecule has 0 bridgehead atoms. The van der Waals surface area contributed by atoms with E-state index in [4.69, 9.17) is 9.90 Å². The SMILES string of the molecule is C=CCCCC(=O)N(C)C[C@@]12C[C@@H](C(=O)Nc3nc(C(F)(F)F)ccc3C)N[C@@H]1C2.O=C(O)C(F)(F)F. The van der Waals surface area contributed by atoms with Gasteiger partial charge in [-0.05, 0) is 44.2 Å². The highest BCUT2D eigenvalue weighted by Crippen LogP contribution is 2.55. The fraction of sp³-hybridized carbons (Fsp3) is 0.565. The highest BCUT2D eigenvalue weighted by atomic mass is 19.4. The van der Waals surface area contributed by atoms with Gasteiger partial charge in [-0.3, -0.25) is 9.59 Å². The number of nitrogens with zero attached hydrogens (tertiary/aromatic N) is 2. The summed E-state index contributed by atoms with van der Waals surface area (Å²) in [6.45, 7) is 5.80. The minimum absolute atomic E-state index is 0.0635. The van der Waals surface area contributed by atoms with Gasteiger partial charge in [-0.1, -0.05) is 12.1 Å². The zero-order chi connectivity index (χ0) is 28.2. The zero-order valence-corrected chi connectivity index (χ0v) is 20.2. The van der Waals surface area contributed by atoms with E-state index in [2.05, 4.69) is 22.2 Å². The van der Waals surface area contributed by atoms with Gasteiger partial charge in [-0.25, -0.2) is 9.78 Å². The maximum atomic E-state index is 12.9. The molecule has 0 aromatic carbocycles. The van der Waals surface area contributed by atoms with Crippen molar-refractivity contribution in [3.8, 4) is 0 Å². The Kier molecular flexibility index (Phi) is 9.33. The molecule has 206 valence electrons. The first-order valence-electron chi connectivity index (χ1n) is 11.3. The molecule has 3 rings (SSSR count). The molecule has 37 heavy (non-hydrogen) atoms. The number of anilines is 1. The third kappa shape index (κ3) is 8.17. The number of allylic oxidation sites excluding steroid dienone is 1. The number of unbranched alkanes of at least 4 members (excludes halogenated alkanes) is 1. The number of aryl methyl sites for hydroxylation is 1. The summed E-state index contributed by atoms with van der Waals surface area (Å²) in [5.41, 5.74) is -0.737. The van der Waals surface area contributed by atoms with Crippen molar-refractivity contribution in [2.75, 3.05) is 18.9 Å². The Balaban J connectivity index is 0.000000604. The molecule has 3 atom stereocenters. The zero-order valence-electron chi connectivity index (χ0n) is 20.2. The number of aromatic nitrogens is 1. The van der Waals surface area contributed by atoms with Gasteiger partial charge in [-0.2, -0.15) is 26.3 Å². The second-order valence-corrected chi connectivity index (χ2v) is 9.13. The fourth-order valence-electron chi connectivity index (χ4n) is 4.09. The van der Waals surface area contributed by atoms with E-state index in [1.165, 1.54) is 6.07 Å². The van der Waals surface area contributed by atoms with Crippen LogP contribution in [0, 0.1) is 12.3 Å². The third-order valence-corrected chi connectivity index (χ3v) is 6.17. The van der Waals surface area contributed by atoms with E-state index in [0.717, 1.165) is 25.3 Å². The quantitative estimate of drug-likeness (QED) is 0.263. The number of carboxylic acids is 1. The summed E-state index contributed by atoms with van der Waals surface area (Å²) < 4.78 is 70.5. The molecular weight excluding hydrogens is 510 g/mol. The first-order chi connectivity index (χ1) is 17.0. The number of fused-ring (bicyclic) bond motifs is 1. The molecule has 14 heteroatoms. The predicted molar refractivity (Wildman–Crippen MR) is 120 cm³/mol. The molecule has 2 aliphatic rings. The van der Waals surface area contributed by atoms with Crippen LogP contribution in [0.2, 0.25) is 0 Å². The molecule has 1 aliphatic carbocycles. The average molecular weight is 538 g/mol. The number of nitrogens with one attached hydrogen (secondary N) is 2. The molecule has 1 saturated carbocycles. The van der Waals surface area contributed by atoms with E-state index in [1.54, 1.807) is 24.9 Å². The standard InChI is InChI=1S/C21H27F3N4O2.C2HF3O2/c1-4-5-6-7-17(29)28(3)12-20-10-14(25-16(20)11-20)19(30)27-18-13(2)8-9-15(26-18)21(22,23)24;3-2(4,5)1(6)7/h4,8-9,14,16,25H,1,5-7,10-12H2,2-3H3,(H,26,27,30);(H,6,7)/t14-,16+,20-;/m0./s1. The van der Waals surface area contributed by atoms with Crippen molar-refractivity contribution in [2.24, 2.45) is 5.41 Å². The molecular formula is C23H28F6N4O4. The summed E-state index contributed by atoms with van der Waals surface area (Å²) >= 11 is 0. The molecule has 1 aromatic rings. The predicted octanol–water partition coefficient (Wildman–Crippen LogP) is 3.92. The molecule has 1 saturated heterocycles. The van der Waals surface area contributed by atoms with Crippen LogP contribution in [0.3, 0.4) is 0 Å². The monoisotopic (exact) mass is 538 g/mol. The lowest BCUT2D eigenvalue weighted by molar-refractivity contribution is -0.192. The summed E-state index contributed by atoms with van der Waals surface area (Å²) in [7, 11) is 1.77. The van der Waals surface area contributed by atoms with E-state index in [9.17, 15) is 35.9 Å². The van der Waals surface area contributed by atoms with Gasteiger partial charge in [0.25, 0.3) is 0 Å². The lowest BCUT2D eigenvalue weighted by Crippen LogP contribution is -2.38. The number of alkyl halides is 6. The van der Waals surface area contributed by atoms with Gasteiger partial charge in [0, 0.05) is 31.5 Å². The normalized spacial score (nSPS) is 22.3. The van der Waals surface area contributed by atoms with Gasteiger partial charge in [0.05, 0.1) is 6.04 Å². The second kappa shape index (κ2) is 11.5. The van der Waals surface area contributed by atoms with Crippen LogP contribution in [0.4, 0.5) is 32.2 Å². The van der Waals surface area contributed by atoms with Crippen LogP contribution in [-0.4, -0.2) is 64.6 Å². The van der Waals surface area contributed by atoms with E-state index in [0.29, 0.717) is 24.9 Å². The van der Waals surface area contributed by atoms with Crippen molar-refractivity contribution in [3.63, 3.8) is 0 Å². The molecule has 3 N–H and O–H groups in total. The number of hydrogen-bond donors (Lipinski definition) is 3. The Labute approximate surface area is 209 Å². The average Bonchev–Trinajstić information content (AvgIpc) is 3.32. The van der Waals surface area contributed by atoms with Gasteiger partial charge in [0.2, 0.25) is 11.8 Å². The van der Waals surface area contributed by atoms with Crippen LogP contribution in [-0.2, 0) is 20.6 Å². The maximum absolute atomic E-state index is 12.9. The summed E-state index contributed by atoms with van der Waals surface area (Å²) in [4.78, 5) is 39.1. The topological polar surface area (TPSA) is 112 Å². The molecule has 8 nitrogen and oxygen atoms in total. The molecule has 2 heterocycles. The summed E-state index contributed by atoms with van der Waals surface area (Å²) in [5.74, 6) is -3.18. The van der Waals surface area contributed by atoms with Gasteiger partial charge < -0.3 is 20.6 Å². The second-order valence-electron chi connectivity index (χ2n) is 9.13. The lowest BCUT2D eigenvalue weighted by atomic mass is 9.98. The van der Waals surface area contributed by atoms with Crippen molar-refractivity contribution in [1.29, 1.82) is 0 Å². The molecule has 0 spiro atoms. The fourth-order valence-corrected chi connectivity index (χ4v) is 4.09. The Hall–Kier alpha value is -3.16. The number of hydrogen-bond acceptors (Lipinski definition) is 5. The molecule has 1 aliphatic heterocycles. The van der Waals surface area contributed by atoms with E-state index < -0.39 is 36.0 Å². The van der Waals surface area contributed by atoms with Crippen LogP contribution in [0.1, 0.15) is 43.4 Å². The minimum atomic E-state index is -5.08. The number of carbonyl (C=O) groups is 3. The van der Waals surface area contributed by atoms with Gasteiger partial charge in [0.15, 0.2) is 0 Å². The molecule has 2 amide bonds. The first-order valence-corrected chi connectivity index (χ1v) is 11.3. The van der Waals surface area contributed by atoms with Crippen molar-refractivity contribution >= 4 is 23.6 Å². The van der Waals surface area contributed by atoms with Crippen molar-refractivity contribution < 1.29 is 45.8 Å². The van der Waals surface area contributed by atoms with Crippen LogP contribution in [0.5, 0.6) is 0 Å². The highest BCUT2D eigenvalue weighted by molar-refractivity contribution is 5.95. The molecule has 1 aromatic heterocycles. The summed E-state index contributed by atoms with van der Waals surface area (Å²) in [5, 5.41) is 12.9. The van der Waals surface area contributed by atoms with Crippen LogP contribution in [0.15, 0.2) is 24.8 Å². The minimum Gasteiger partial charge on any atom is -0.475 e. The van der Waals surface area contributed by atoms with E-state index >= 15 is 0 Å². The Morgan fingerprint density at radius 2 is 1.86 bits per heavy atom. The largest absolute Gasteiger partial charge is 0.490 e. The third-order valence-electron chi connectivity index (χ3n) is 6.17. The number of amides is 2. The number of halogens is 6. The smallest absolute Gasteiger partial charge is 0.475 e. The van der Waals surface area contributed by atoms with Crippen molar-refractivity contribution in [2.45, 2.75) is 63.5 Å². The number of pyridine rings is 1. The van der Waals surface area contributed by atoms with E-state index in [1.807, 2.05) is 0 Å². The lowest BCUT2D eigenvalue weighted by Gasteiger charge is -2.23. The maximum Gasteiger partial charge on any atom is 0.490 e. The van der Waals surface area contributed by atoms with Crippen LogP contribution in [0.25, 0.3) is 0 Å². The number of piperidine rings is 1. The van der Waals surface area contributed by atoms with Crippen molar-refractivity contribution in [3.05, 3.63) is 36.0 Å². The van der Waals surface area contributed by atoms with Crippen LogP contribution >= 0.6 is 0 Å². The molecule has 0 radical (unpaired) electrons. The summed E-state index contributed by atoms with van der Waals surface area (Å²) in [6, 6.07) is 1.79. The van der Waals surface area contributed by atoms with Gasteiger partial charge in [-0.15, -0.1) is 6.58 Å². The molecule has 0 unspecified atom stereocenters. The summed E-state index contributed by atoms with van der Waals surface area (Å²) in [6.07, 6.45) is -4.45. The van der Waals surface area contributed by atoms with Crippen LogP contribution < -0.4 is 10.6 Å². The molecule has 2 fully saturated rings. The Morgan fingerprint density at radius 1 is 1.24 bits per heavy atom. The Bertz CT molecular complexity index is 1030. The number of carbonyl (C=O) groups excluding carboxylic acids is 2.